The predicted molar refractivity (Wildman–Crippen MR) is 61.1 cm³/mol. The molecule has 0 aromatic rings. The third-order valence-electron chi connectivity index (χ3n) is 1.62. The Morgan fingerprint density at radius 1 is 0.947 bits per heavy atom. The standard InChI is InChI=1S/C8H20O9P2/c1-7(5-13-3)15-19(12,17-18(9,10)11)16-8(2)6-14-4/h7-8H,5-6H2,1-4H3,(H2,9,10,11)/p-2. The van der Waals surface area contributed by atoms with E-state index in [1.54, 1.807) is 0 Å². The molecule has 11 heteroatoms. The number of hydrogen-bond donors (Lipinski definition) is 0. The molecule has 19 heavy (non-hydrogen) atoms. The molecule has 0 aliphatic rings. The predicted octanol–water partition coefficient (Wildman–Crippen LogP) is 0.0428. The highest BCUT2D eigenvalue weighted by atomic mass is 31.3. The molecule has 0 aliphatic heterocycles. The zero-order chi connectivity index (χ0) is 15.1. The van der Waals surface area contributed by atoms with Gasteiger partial charge in [-0.2, -0.15) is 0 Å². The van der Waals surface area contributed by atoms with Gasteiger partial charge in [0.15, 0.2) is 0 Å². The molecular weight excluding hydrogens is 302 g/mol. The lowest BCUT2D eigenvalue weighted by atomic mass is 10.5. The van der Waals surface area contributed by atoms with Gasteiger partial charge in [-0.25, -0.2) is 4.57 Å². The van der Waals surface area contributed by atoms with Crippen LogP contribution in [-0.2, 0) is 32.0 Å². The van der Waals surface area contributed by atoms with Gasteiger partial charge < -0.3 is 23.8 Å². The third-order valence-corrected chi connectivity index (χ3v) is 4.46. The highest BCUT2D eigenvalue weighted by Gasteiger charge is 2.33. The summed E-state index contributed by atoms with van der Waals surface area (Å²) in [7, 11) is -7.36. The van der Waals surface area contributed by atoms with Crippen molar-refractivity contribution in [1.82, 2.24) is 0 Å². The molecule has 0 bridgehead atoms. The van der Waals surface area contributed by atoms with Crippen molar-refractivity contribution in [3.8, 4) is 0 Å². The summed E-state index contributed by atoms with van der Waals surface area (Å²) in [5.41, 5.74) is 0. The van der Waals surface area contributed by atoms with Gasteiger partial charge in [0.25, 0.3) is 0 Å². The lowest BCUT2D eigenvalue weighted by Gasteiger charge is -2.33. The Morgan fingerprint density at radius 2 is 1.32 bits per heavy atom. The van der Waals surface area contributed by atoms with E-state index in [-0.39, 0.29) is 13.2 Å². The van der Waals surface area contributed by atoms with Crippen LogP contribution in [0.5, 0.6) is 0 Å². The van der Waals surface area contributed by atoms with Crippen LogP contribution in [0.2, 0.25) is 0 Å². The minimum Gasteiger partial charge on any atom is -0.789 e. The zero-order valence-corrected chi connectivity index (χ0v) is 12.9. The summed E-state index contributed by atoms with van der Waals surface area (Å²) in [5.74, 6) is 0. The third kappa shape index (κ3) is 9.67. The second kappa shape index (κ2) is 8.46. The van der Waals surface area contributed by atoms with Crippen LogP contribution in [0.25, 0.3) is 0 Å². The van der Waals surface area contributed by atoms with Crippen molar-refractivity contribution in [1.29, 1.82) is 0 Å². The number of hydrogen-bond acceptors (Lipinski definition) is 9. The average molecular weight is 320 g/mol. The van der Waals surface area contributed by atoms with Crippen LogP contribution < -0.4 is 9.79 Å². The molecular formula is C8H18O9P2-2. The number of ether oxygens (including phenoxy) is 2. The molecule has 0 saturated heterocycles. The van der Waals surface area contributed by atoms with Crippen LogP contribution in [0.1, 0.15) is 13.8 Å². The Hall–Kier alpha value is 0.180. The second-order valence-corrected chi connectivity index (χ2v) is 6.58. The van der Waals surface area contributed by atoms with Gasteiger partial charge in [-0.3, -0.25) is 13.4 Å². The Bertz CT molecular complexity index is 323. The van der Waals surface area contributed by atoms with E-state index in [1.165, 1.54) is 28.1 Å². The topological polar surface area (TPSA) is 126 Å². The highest BCUT2D eigenvalue weighted by Crippen LogP contribution is 2.59. The highest BCUT2D eigenvalue weighted by molar-refractivity contribution is 7.60. The smallest absolute Gasteiger partial charge is 0.479 e. The van der Waals surface area contributed by atoms with Crippen LogP contribution in [0.15, 0.2) is 0 Å². The molecule has 116 valence electrons. The summed E-state index contributed by atoms with van der Waals surface area (Å²) < 4.78 is 45.6. The summed E-state index contributed by atoms with van der Waals surface area (Å²) in [5, 5.41) is 0. The van der Waals surface area contributed by atoms with Gasteiger partial charge in [0.05, 0.1) is 33.2 Å². The van der Waals surface area contributed by atoms with Gasteiger partial charge in [0.2, 0.25) is 0 Å². The fraction of sp³-hybridized carbons (Fsp3) is 1.00. The van der Waals surface area contributed by atoms with E-state index in [0.29, 0.717) is 0 Å². The zero-order valence-electron chi connectivity index (χ0n) is 11.1. The van der Waals surface area contributed by atoms with Crippen molar-refractivity contribution in [2.75, 3.05) is 27.4 Å². The molecule has 0 amide bonds. The minimum absolute atomic E-state index is 0.0113. The maximum atomic E-state index is 12.0. The van der Waals surface area contributed by atoms with Gasteiger partial charge in [0, 0.05) is 14.2 Å². The van der Waals surface area contributed by atoms with Gasteiger partial charge in [-0.1, -0.05) is 0 Å². The quantitative estimate of drug-likeness (QED) is 0.513. The van der Waals surface area contributed by atoms with Crippen molar-refractivity contribution in [3.63, 3.8) is 0 Å². The molecule has 0 heterocycles. The normalized spacial score (nSPS) is 18.8. The number of rotatable bonds is 10. The summed E-state index contributed by atoms with van der Waals surface area (Å²) in [4.78, 5) is 21.2. The van der Waals surface area contributed by atoms with Crippen molar-refractivity contribution in [3.05, 3.63) is 0 Å². The van der Waals surface area contributed by atoms with E-state index in [9.17, 15) is 18.9 Å². The van der Waals surface area contributed by atoms with Gasteiger partial charge in [-0.05, 0) is 13.8 Å². The van der Waals surface area contributed by atoms with Gasteiger partial charge in [-0.15, -0.1) is 0 Å². The lowest BCUT2D eigenvalue weighted by molar-refractivity contribution is -0.335. The molecule has 9 nitrogen and oxygen atoms in total. The summed E-state index contributed by atoms with van der Waals surface area (Å²) in [6.45, 7) is 2.92. The average Bonchev–Trinajstić information content (AvgIpc) is 2.12. The Labute approximate surface area is 112 Å². The molecule has 0 radical (unpaired) electrons. The maximum Gasteiger partial charge on any atom is 0.479 e. The number of phosphoric acid groups is 2. The first kappa shape index (κ1) is 19.2. The van der Waals surface area contributed by atoms with Crippen molar-refractivity contribution < 1.29 is 41.7 Å². The fourth-order valence-corrected chi connectivity index (χ4v) is 3.50. The van der Waals surface area contributed by atoms with Crippen molar-refractivity contribution >= 4 is 15.6 Å². The molecule has 0 aromatic heterocycles. The first-order chi connectivity index (χ1) is 8.62. The molecule has 0 aromatic carbocycles. The van der Waals surface area contributed by atoms with E-state index in [2.05, 4.69) is 4.31 Å². The van der Waals surface area contributed by atoms with Crippen LogP contribution in [-0.4, -0.2) is 39.6 Å². The molecule has 0 N–H and O–H groups in total. The van der Waals surface area contributed by atoms with E-state index < -0.39 is 27.9 Å². The summed E-state index contributed by atoms with van der Waals surface area (Å²) in [6.07, 6.45) is -1.59. The number of methoxy groups -OCH3 is 2. The van der Waals surface area contributed by atoms with Crippen LogP contribution in [0.3, 0.4) is 0 Å². The maximum absolute atomic E-state index is 12.0. The fourth-order valence-electron chi connectivity index (χ4n) is 1.16. The largest absolute Gasteiger partial charge is 0.789 e. The molecule has 0 saturated carbocycles. The molecule has 0 rings (SSSR count). The molecule has 2 unspecified atom stereocenters. The number of phosphoric ester groups is 1. The molecule has 0 aliphatic carbocycles. The van der Waals surface area contributed by atoms with Crippen LogP contribution in [0.4, 0.5) is 0 Å². The SMILES string of the molecule is COCC(C)OP(=O)(OC(C)COC)OP(=O)([O-])[O-]. The summed E-state index contributed by atoms with van der Waals surface area (Å²) in [6, 6.07) is 0. The minimum atomic E-state index is -5.53. The Morgan fingerprint density at radius 3 is 1.58 bits per heavy atom. The van der Waals surface area contributed by atoms with E-state index >= 15 is 0 Å². The first-order valence-corrected chi connectivity index (χ1v) is 8.22. The van der Waals surface area contributed by atoms with Crippen LogP contribution in [0, 0.1) is 0 Å². The Balaban J connectivity index is 4.81. The van der Waals surface area contributed by atoms with Crippen molar-refractivity contribution in [2.24, 2.45) is 0 Å². The first-order valence-electron chi connectivity index (χ1n) is 5.30. The van der Waals surface area contributed by atoms with E-state index in [1.807, 2.05) is 0 Å². The van der Waals surface area contributed by atoms with Crippen molar-refractivity contribution in [2.45, 2.75) is 26.1 Å². The Kier molecular flexibility index (Phi) is 8.54. The second-order valence-electron chi connectivity index (χ2n) is 3.72. The van der Waals surface area contributed by atoms with E-state index in [4.69, 9.17) is 18.5 Å². The van der Waals surface area contributed by atoms with E-state index in [0.717, 1.165) is 0 Å². The van der Waals surface area contributed by atoms with Crippen LogP contribution >= 0.6 is 15.6 Å². The lowest BCUT2D eigenvalue weighted by Crippen LogP contribution is -2.22. The molecule has 0 spiro atoms. The van der Waals surface area contributed by atoms with Gasteiger partial charge >= 0.3 is 7.82 Å². The molecule has 2 atom stereocenters. The monoisotopic (exact) mass is 320 g/mol. The summed E-state index contributed by atoms with van der Waals surface area (Å²) >= 11 is 0. The van der Waals surface area contributed by atoms with Gasteiger partial charge in [0.1, 0.15) is 0 Å². The molecule has 0 fully saturated rings.